The third kappa shape index (κ3) is 3.50. The first kappa shape index (κ1) is 14.8. The molecule has 0 saturated carbocycles. The molecule has 20 heavy (non-hydrogen) atoms. The van der Waals surface area contributed by atoms with E-state index in [9.17, 15) is 9.59 Å². The molecule has 2 amide bonds. The zero-order valence-electron chi connectivity index (χ0n) is 11.3. The van der Waals surface area contributed by atoms with Crippen LogP contribution in [0.4, 0.5) is 0 Å². The third-order valence-corrected chi connectivity index (χ3v) is 4.01. The molecule has 0 aliphatic carbocycles. The zero-order chi connectivity index (χ0) is 14.5. The number of methoxy groups -OCH3 is 1. The quantitative estimate of drug-likeness (QED) is 0.776. The molecule has 1 aliphatic rings. The van der Waals surface area contributed by atoms with Crippen molar-refractivity contribution in [3.8, 4) is 5.75 Å². The van der Waals surface area contributed by atoms with Gasteiger partial charge in [0.05, 0.1) is 18.0 Å². The molecule has 5 nitrogen and oxygen atoms in total. The van der Waals surface area contributed by atoms with Crippen LogP contribution >= 0.6 is 15.9 Å². The number of carbonyl (C=O) groups excluding carboxylic acids is 2. The molecule has 0 atom stereocenters. The lowest BCUT2D eigenvalue weighted by Gasteiger charge is -2.32. The average molecular weight is 341 g/mol. The van der Waals surface area contributed by atoms with Gasteiger partial charge in [-0.05, 0) is 33.6 Å². The number of halogens is 1. The Kier molecular flexibility index (Phi) is 5.00. The van der Waals surface area contributed by atoms with Crippen LogP contribution in [0, 0.1) is 0 Å². The van der Waals surface area contributed by atoms with E-state index in [0.29, 0.717) is 32.6 Å². The minimum atomic E-state index is 0.0904. The van der Waals surface area contributed by atoms with Crippen molar-refractivity contribution in [2.75, 3.05) is 33.3 Å². The fraction of sp³-hybridized carbons (Fsp3) is 0.429. The van der Waals surface area contributed by atoms with Gasteiger partial charge in [-0.3, -0.25) is 9.59 Å². The lowest BCUT2D eigenvalue weighted by Crippen LogP contribution is -2.48. The van der Waals surface area contributed by atoms with E-state index in [1.165, 1.54) is 0 Å². The number of hydrogen-bond acceptors (Lipinski definition) is 3. The second-order valence-electron chi connectivity index (χ2n) is 4.67. The molecule has 0 N–H and O–H groups in total. The normalized spacial score (nSPS) is 15.1. The van der Waals surface area contributed by atoms with Crippen molar-refractivity contribution < 1.29 is 14.3 Å². The number of piperazine rings is 1. The van der Waals surface area contributed by atoms with Crippen LogP contribution in [0.5, 0.6) is 5.75 Å². The van der Waals surface area contributed by atoms with Gasteiger partial charge >= 0.3 is 0 Å². The standard InChI is InChI=1S/C14H17BrN2O3/c1-20-13-3-2-11(8-12(13)15)9-14(19)17-6-4-16(10-18)5-7-17/h2-3,8,10H,4-7,9H2,1H3. The van der Waals surface area contributed by atoms with E-state index in [0.717, 1.165) is 22.2 Å². The number of nitrogens with zero attached hydrogens (tertiary/aromatic N) is 2. The van der Waals surface area contributed by atoms with Crippen molar-refractivity contribution in [3.63, 3.8) is 0 Å². The first-order valence-corrected chi connectivity index (χ1v) is 7.23. The molecular weight excluding hydrogens is 324 g/mol. The maximum absolute atomic E-state index is 12.2. The maximum Gasteiger partial charge on any atom is 0.227 e. The molecule has 1 aromatic rings. The summed E-state index contributed by atoms with van der Waals surface area (Å²) in [6.45, 7) is 2.44. The highest BCUT2D eigenvalue weighted by molar-refractivity contribution is 9.10. The van der Waals surface area contributed by atoms with Gasteiger partial charge in [-0.15, -0.1) is 0 Å². The van der Waals surface area contributed by atoms with Crippen LogP contribution in [0.1, 0.15) is 5.56 Å². The smallest absolute Gasteiger partial charge is 0.227 e. The molecular formula is C14H17BrN2O3. The van der Waals surface area contributed by atoms with E-state index in [4.69, 9.17) is 4.74 Å². The van der Waals surface area contributed by atoms with Gasteiger partial charge in [-0.25, -0.2) is 0 Å². The molecule has 1 heterocycles. The van der Waals surface area contributed by atoms with E-state index in [1.807, 2.05) is 18.2 Å². The summed E-state index contributed by atoms with van der Waals surface area (Å²) in [4.78, 5) is 26.3. The fourth-order valence-electron chi connectivity index (χ4n) is 2.18. The Hall–Kier alpha value is -1.56. The molecule has 0 spiro atoms. The van der Waals surface area contributed by atoms with Gasteiger partial charge in [0.2, 0.25) is 12.3 Å². The minimum absolute atomic E-state index is 0.0904. The summed E-state index contributed by atoms with van der Waals surface area (Å²) < 4.78 is 6.01. The molecule has 1 fully saturated rings. The summed E-state index contributed by atoms with van der Waals surface area (Å²) in [7, 11) is 1.61. The number of hydrogen-bond donors (Lipinski definition) is 0. The van der Waals surface area contributed by atoms with Crippen LogP contribution < -0.4 is 4.74 Å². The van der Waals surface area contributed by atoms with Crippen LogP contribution in [0.15, 0.2) is 22.7 Å². The number of ether oxygens (including phenoxy) is 1. The lowest BCUT2D eigenvalue weighted by atomic mass is 10.1. The van der Waals surface area contributed by atoms with Gasteiger partial charge in [-0.1, -0.05) is 6.07 Å². The minimum Gasteiger partial charge on any atom is -0.496 e. The Balaban J connectivity index is 1.94. The Morgan fingerprint density at radius 2 is 2.05 bits per heavy atom. The van der Waals surface area contributed by atoms with E-state index in [1.54, 1.807) is 16.9 Å². The largest absolute Gasteiger partial charge is 0.496 e. The molecule has 6 heteroatoms. The molecule has 1 saturated heterocycles. The second-order valence-corrected chi connectivity index (χ2v) is 5.52. The molecule has 1 aromatic carbocycles. The van der Waals surface area contributed by atoms with Crippen molar-refractivity contribution in [1.29, 1.82) is 0 Å². The fourth-order valence-corrected chi connectivity index (χ4v) is 2.77. The van der Waals surface area contributed by atoms with Gasteiger partial charge in [0.1, 0.15) is 5.75 Å². The van der Waals surface area contributed by atoms with Gasteiger partial charge in [0, 0.05) is 26.2 Å². The van der Waals surface area contributed by atoms with Crippen LogP contribution in [0.2, 0.25) is 0 Å². The predicted molar refractivity (Wildman–Crippen MR) is 78.6 cm³/mol. The maximum atomic E-state index is 12.2. The summed E-state index contributed by atoms with van der Waals surface area (Å²) in [5.74, 6) is 0.841. The summed E-state index contributed by atoms with van der Waals surface area (Å²) >= 11 is 3.42. The molecule has 1 aliphatic heterocycles. The number of benzene rings is 1. The Labute approximate surface area is 126 Å². The predicted octanol–water partition coefficient (Wildman–Crippen LogP) is 1.30. The van der Waals surface area contributed by atoms with Crippen molar-refractivity contribution in [2.45, 2.75) is 6.42 Å². The Bertz CT molecular complexity index is 499. The van der Waals surface area contributed by atoms with Crippen LogP contribution in [-0.2, 0) is 16.0 Å². The molecule has 2 rings (SSSR count). The lowest BCUT2D eigenvalue weighted by molar-refractivity contribution is -0.134. The number of amides is 2. The summed E-state index contributed by atoms with van der Waals surface area (Å²) in [6, 6.07) is 5.64. The summed E-state index contributed by atoms with van der Waals surface area (Å²) in [5.41, 5.74) is 0.945. The van der Waals surface area contributed by atoms with Gasteiger partial charge < -0.3 is 14.5 Å². The molecule has 108 valence electrons. The molecule has 0 radical (unpaired) electrons. The molecule has 0 unspecified atom stereocenters. The van der Waals surface area contributed by atoms with Crippen molar-refractivity contribution in [2.24, 2.45) is 0 Å². The van der Waals surface area contributed by atoms with Crippen molar-refractivity contribution in [3.05, 3.63) is 28.2 Å². The van der Waals surface area contributed by atoms with Gasteiger partial charge in [-0.2, -0.15) is 0 Å². The van der Waals surface area contributed by atoms with Crippen molar-refractivity contribution in [1.82, 2.24) is 9.80 Å². The first-order valence-electron chi connectivity index (χ1n) is 6.43. The Morgan fingerprint density at radius 3 is 2.60 bits per heavy atom. The van der Waals surface area contributed by atoms with E-state index >= 15 is 0 Å². The van der Waals surface area contributed by atoms with E-state index in [2.05, 4.69) is 15.9 Å². The van der Waals surface area contributed by atoms with Crippen LogP contribution in [-0.4, -0.2) is 55.4 Å². The molecule has 0 aromatic heterocycles. The van der Waals surface area contributed by atoms with E-state index in [-0.39, 0.29) is 5.91 Å². The third-order valence-electron chi connectivity index (χ3n) is 3.39. The van der Waals surface area contributed by atoms with Gasteiger partial charge in [0.25, 0.3) is 0 Å². The highest BCUT2D eigenvalue weighted by atomic mass is 79.9. The average Bonchev–Trinajstić information content (AvgIpc) is 2.47. The van der Waals surface area contributed by atoms with E-state index < -0.39 is 0 Å². The summed E-state index contributed by atoms with van der Waals surface area (Å²) in [5, 5.41) is 0. The second kappa shape index (κ2) is 6.74. The van der Waals surface area contributed by atoms with Crippen LogP contribution in [0.25, 0.3) is 0 Å². The highest BCUT2D eigenvalue weighted by Gasteiger charge is 2.20. The SMILES string of the molecule is COc1ccc(CC(=O)N2CCN(C=O)CC2)cc1Br. The topological polar surface area (TPSA) is 49.9 Å². The summed E-state index contributed by atoms with van der Waals surface area (Å²) in [6.07, 6.45) is 1.20. The zero-order valence-corrected chi connectivity index (χ0v) is 12.9. The van der Waals surface area contributed by atoms with Crippen LogP contribution in [0.3, 0.4) is 0 Å². The first-order chi connectivity index (χ1) is 9.63. The Morgan fingerprint density at radius 1 is 1.35 bits per heavy atom. The van der Waals surface area contributed by atoms with Gasteiger partial charge in [0.15, 0.2) is 0 Å². The number of rotatable bonds is 4. The highest BCUT2D eigenvalue weighted by Crippen LogP contribution is 2.25. The monoisotopic (exact) mass is 340 g/mol. The molecule has 0 bridgehead atoms. The number of carbonyl (C=O) groups is 2. The van der Waals surface area contributed by atoms with Crippen molar-refractivity contribution >= 4 is 28.2 Å².